The lowest BCUT2D eigenvalue weighted by molar-refractivity contribution is -0.0498. The summed E-state index contributed by atoms with van der Waals surface area (Å²) in [5, 5.41) is 2.96. The van der Waals surface area contributed by atoms with E-state index in [1.165, 1.54) is 17.0 Å². The molecule has 0 heterocycles. The number of aryl methyl sites for hydroxylation is 1. The molecule has 0 aliphatic carbocycles. The Morgan fingerprint density at radius 2 is 1.80 bits per heavy atom. The third-order valence-corrected chi connectivity index (χ3v) is 3.91. The lowest BCUT2D eigenvalue weighted by Gasteiger charge is -2.22. The number of benzene rings is 2. The molecule has 0 aliphatic rings. The monoisotopic (exact) mass is 348 g/mol. The first-order valence-electron chi connectivity index (χ1n) is 7.97. The Morgan fingerprint density at radius 3 is 2.40 bits per heavy atom. The van der Waals surface area contributed by atoms with Crippen molar-refractivity contribution >= 4 is 6.03 Å². The van der Waals surface area contributed by atoms with Crippen molar-refractivity contribution in [2.75, 3.05) is 7.05 Å². The van der Waals surface area contributed by atoms with E-state index in [1.54, 1.807) is 19.2 Å². The largest absolute Gasteiger partial charge is 0.435 e. The summed E-state index contributed by atoms with van der Waals surface area (Å²) in [5.74, 6) is 0.0963. The van der Waals surface area contributed by atoms with Gasteiger partial charge in [-0.05, 0) is 42.7 Å². The van der Waals surface area contributed by atoms with Crippen LogP contribution in [0.25, 0.3) is 0 Å². The number of rotatable bonds is 6. The van der Waals surface area contributed by atoms with Gasteiger partial charge in [-0.15, -0.1) is 0 Å². The predicted molar refractivity (Wildman–Crippen MR) is 92.7 cm³/mol. The van der Waals surface area contributed by atoms with E-state index in [2.05, 4.69) is 10.1 Å². The Hall–Kier alpha value is -2.63. The smallest absolute Gasteiger partial charge is 0.387 e. The Morgan fingerprint density at radius 1 is 1.16 bits per heavy atom. The minimum atomic E-state index is -2.85. The molecule has 0 spiro atoms. The van der Waals surface area contributed by atoms with Crippen molar-refractivity contribution in [3.05, 3.63) is 65.2 Å². The number of hydrogen-bond acceptors (Lipinski definition) is 2. The number of nitrogens with one attached hydrogen (secondary N) is 1. The average molecular weight is 348 g/mol. The van der Waals surface area contributed by atoms with Crippen molar-refractivity contribution in [1.82, 2.24) is 10.2 Å². The van der Waals surface area contributed by atoms with Gasteiger partial charge in [-0.3, -0.25) is 0 Å². The van der Waals surface area contributed by atoms with Gasteiger partial charge in [-0.1, -0.05) is 36.4 Å². The standard InChI is InChI=1S/C19H22F2N2O2/c1-13-6-4-5-7-17(13)14(2)22-19(24)23(3)12-15-8-10-16(11-9-15)25-18(20)21/h4-11,14,18H,12H2,1-3H3,(H,22,24). The number of nitrogens with zero attached hydrogens (tertiary/aromatic N) is 1. The third-order valence-electron chi connectivity index (χ3n) is 3.91. The van der Waals surface area contributed by atoms with Gasteiger partial charge < -0.3 is 15.0 Å². The second-order valence-corrected chi connectivity index (χ2v) is 5.91. The molecule has 1 N–H and O–H groups in total. The van der Waals surface area contributed by atoms with Crippen molar-refractivity contribution in [2.24, 2.45) is 0 Å². The van der Waals surface area contributed by atoms with Gasteiger partial charge >= 0.3 is 12.6 Å². The van der Waals surface area contributed by atoms with Gasteiger partial charge in [0.1, 0.15) is 5.75 Å². The fourth-order valence-electron chi connectivity index (χ4n) is 2.57. The zero-order valence-electron chi connectivity index (χ0n) is 14.5. The van der Waals surface area contributed by atoms with Crippen LogP contribution in [-0.2, 0) is 6.54 Å². The van der Waals surface area contributed by atoms with Gasteiger partial charge in [0.2, 0.25) is 0 Å². The van der Waals surface area contributed by atoms with Crippen LogP contribution in [-0.4, -0.2) is 24.6 Å². The van der Waals surface area contributed by atoms with E-state index in [4.69, 9.17) is 0 Å². The van der Waals surface area contributed by atoms with E-state index < -0.39 is 6.61 Å². The molecule has 2 amide bonds. The molecule has 6 heteroatoms. The number of carbonyl (C=O) groups is 1. The summed E-state index contributed by atoms with van der Waals surface area (Å²) in [6.45, 7) is 1.46. The second-order valence-electron chi connectivity index (χ2n) is 5.91. The molecule has 4 nitrogen and oxygen atoms in total. The van der Waals surface area contributed by atoms with Crippen LogP contribution in [0.1, 0.15) is 29.7 Å². The van der Waals surface area contributed by atoms with Gasteiger partial charge in [0.25, 0.3) is 0 Å². The molecule has 0 aromatic heterocycles. The summed E-state index contributed by atoms with van der Waals surface area (Å²) in [4.78, 5) is 13.9. The molecule has 1 unspecified atom stereocenters. The van der Waals surface area contributed by atoms with E-state index in [-0.39, 0.29) is 17.8 Å². The van der Waals surface area contributed by atoms with Crippen LogP contribution < -0.4 is 10.1 Å². The summed E-state index contributed by atoms with van der Waals surface area (Å²) >= 11 is 0. The van der Waals surface area contributed by atoms with Crippen molar-refractivity contribution in [2.45, 2.75) is 33.0 Å². The number of alkyl halides is 2. The lowest BCUT2D eigenvalue weighted by atomic mass is 10.0. The second kappa shape index (κ2) is 8.46. The van der Waals surface area contributed by atoms with Gasteiger partial charge in [-0.25, -0.2) is 4.79 Å². The SMILES string of the molecule is Cc1ccccc1C(C)NC(=O)N(C)Cc1ccc(OC(F)F)cc1. The quantitative estimate of drug-likeness (QED) is 0.835. The first-order chi connectivity index (χ1) is 11.9. The maximum atomic E-state index is 12.3. The molecule has 0 fully saturated rings. The number of ether oxygens (including phenoxy) is 1. The summed E-state index contributed by atoms with van der Waals surface area (Å²) in [5.41, 5.74) is 3.01. The molecule has 0 radical (unpaired) electrons. The summed E-state index contributed by atoms with van der Waals surface area (Å²) < 4.78 is 28.6. The number of urea groups is 1. The van der Waals surface area contributed by atoms with Crippen LogP contribution in [0.15, 0.2) is 48.5 Å². The van der Waals surface area contributed by atoms with Gasteiger partial charge in [0, 0.05) is 13.6 Å². The predicted octanol–water partition coefficient (Wildman–Crippen LogP) is 4.50. The van der Waals surface area contributed by atoms with Crippen LogP contribution in [0, 0.1) is 6.92 Å². The van der Waals surface area contributed by atoms with Crippen LogP contribution in [0.3, 0.4) is 0 Å². The Balaban J connectivity index is 1.92. The normalized spacial score (nSPS) is 11.9. The molecule has 2 aromatic carbocycles. The molecule has 2 aromatic rings. The molecule has 134 valence electrons. The van der Waals surface area contributed by atoms with E-state index in [1.807, 2.05) is 38.1 Å². The zero-order chi connectivity index (χ0) is 18.4. The van der Waals surface area contributed by atoms with Crippen molar-refractivity contribution in [3.8, 4) is 5.75 Å². The van der Waals surface area contributed by atoms with Crippen molar-refractivity contribution < 1.29 is 18.3 Å². The van der Waals surface area contributed by atoms with Gasteiger partial charge in [-0.2, -0.15) is 8.78 Å². The lowest BCUT2D eigenvalue weighted by Crippen LogP contribution is -2.38. The number of amides is 2. The first kappa shape index (κ1) is 18.7. The summed E-state index contributed by atoms with van der Waals surface area (Å²) in [7, 11) is 1.68. The molecular weight excluding hydrogens is 326 g/mol. The van der Waals surface area contributed by atoms with E-state index in [0.29, 0.717) is 6.54 Å². The van der Waals surface area contributed by atoms with Crippen LogP contribution in [0.5, 0.6) is 5.75 Å². The minimum absolute atomic E-state index is 0.0963. The molecular formula is C19H22F2N2O2. The van der Waals surface area contributed by atoms with Crippen molar-refractivity contribution in [3.63, 3.8) is 0 Å². The van der Waals surface area contributed by atoms with Crippen LogP contribution >= 0.6 is 0 Å². The maximum Gasteiger partial charge on any atom is 0.387 e. The molecule has 1 atom stereocenters. The zero-order valence-corrected chi connectivity index (χ0v) is 14.5. The summed E-state index contributed by atoms with van der Waals surface area (Å²) in [6, 6.07) is 13.8. The molecule has 25 heavy (non-hydrogen) atoms. The highest BCUT2D eigenvalue weighted by molar-refractivity contribution is 5.74. The Bertz CT molecular complexity index is 705. The molecule has 0 saturated heterocycles. The Labute approximate surface area is 146 Å². The highest BCUT2D eigenvalue weighted by Crippen LogP contribution is 2.18. The summed E-state index contributed by atoms with van der Waals surface area (Å²) in [6.07, 6.45) is 0. The highest BCUT2D eigenvalue weighted by Gasteiger charge is 2.15. The van der Waals surface area contributed by atoms with Gasteiger partial charge in [0.05, 0.1) is 6.04 Å². The Kier molecular flexibility index (Phi) is 6.33. The molecule has 0 aliphatic heterocycles. The fraction of sp³-hybridized carbons (Fsp3) is 0.316. The first-order valence-corrected chi connectivity index (χ1v) is 7.97. The molecule has 0 saturated carbocycles. The number of carbonyl (C=O) groups excluding carboxylic acids is 1. The van der Waals surface area contributed by atoms with Crippen molar-refractivity contribution in [1.29, 1.82) is 0 Å². The van der Waals surface area contributed by atoms with E-state index in [9.17, 15) is 13.6 Å². The topological polar surface area (TPSA) is 41.6 Å². The number of hydrogen-bond donors (Lipinski definition) is 1. The average Bonchev–Trinajstić information content (AvgIpc) is 2.56. The van der Waals surface area contributed by atoms with Gasteiger partial charge in [0.15, 0.2) is 0 Å². The molecule has 0 bridgehead atoms. The van der Waals surface area contributed by atoms with E-state index >= 15 is 0 Å². The fourth-order valence-corrected chi connectivity index (χ4v) is 2.57. The van der Waals surface area contributed by atoms with Crippen LogP contribution in [0.4, 0.5) is 13.6 Å². The number of halogens is 2. The van der Waals surface area contributed by atoms with E-state index in [0.717, 1.165) is 16.7 Å². The minimum Gasteiger partial charge on any atom is -0.435 e. The molecule has 2 rings (SSSR count). The third kappa shape index (κ3) is 5.45. The highest BCUT2D eigenvalue weighted by atomic mass is 19.3. The van der Waals surface area contributed by atoms with Crippen LogP contribution in [0.2, 0.25) is 0 Å². The maximum absolute atomic E-state index is 12.3.